The molecule has 2 heterocycles. The van der Waals surface area contributed by atoms with Gasteiger partial charge >= 0.3 is 0 Å². The maximum atomic E-state index is 12.6. The minimum absolute atomic E-state index is 0.207. The lowest BCUT2D eigenvalue weighted by Crippen LogP contribution is -2.23. The van der Waals surface area contributed by atoms with Crippen LogP contribution < -0.4 is 25.1 Å². The minimum Gasteiger partial charge on any atom is -0.497 e. The molecule has 1 aromatic heterocycles. The van der Waals surface area contributed by atoms with Crippen molar-refractivity contribution in [2.24, 2.45) is 0 Å². The van der Waals surface area contributed by atoms with E-state index in [4.69, 9.17) is 14.2 Å². The highest BCUT2D eigenvalue weighted by molar-refractivity contribution is 7.99. The highest BCUT2D eigenvalue weighted by Crippen LogP contribution is 2.32. The third-order valence-electron chi connectivity index (χ3n) is 5.32. The fraction of sp³-hybridized carbons (Fsp3) is 0.115. The predicted molar refractivity (Wildman–Crippen MR) is 131 cm³/mol. The van der Waals surface area contributed by atoms with Gasteiger partial charge in [0, 0.05) is 23.1 Å². The van der Waals surface area contributed by atoms with E-state index in [1.54, 1.807) is 37.4 Å². The Morgan fingerprint density at radius 2 is 1.77 bits per heavy atom. The summed E-state index contributed by atoms with van der Waals surface area (Å²) in [5, 5.41) is 8.03. The number of methoxy groups -OCH3 is 1. The SMILES string of the molecule is COc1ccc(Sc2ccc(=O)n(-c3ccc(C(=O)NCc4ccc5c(c4)OCO5)cc3)n2)cc1. The average molecular weight is 488 g/mol. The summed E-state index contributed by atoms with van der Waals surface area (Å²) in [6.45, 7) is 0.557. The summed E-state index contributed by atoms with van der Waals surface area (Å²) in [4.78, 5) is 26.0. The zero-order valence-corrected chi connectivity index (χ0v) is 19.6. The number of hydrogen-bond acceptors (Lipinski definition) is 7. The van der Waals surface area contributed by atoms with Gasteiger partial charge in [-0.15, -0.1) is 0 Å². The number of nitrogens with one attached hydrogen (secondary N) is 1. The van der Waals surface area contributed by atoms with Gasteiger partial charge in [0.15, 0.2) is 11.5 Å². The van der Waals surface area contributed by atoms with Crippen molar-refractivity contribution in [1.82, 2.24) is 15.1 Å². The van der Waals surface area contributed by atoms with Crippen molar-refractivity contribution >= 4 is 17.7 Å². The Labute approximate surface area is 205 Å². The Balaban J connectivity index is 1.26. The standard InChI is InChI=1S/C26H21N3O5S/c1-32-20-7-9-21(10-8-20)35-24-12-13-25(30)29(28-24)19-5-3-18(4-6-19)26(31)27-15-17-2-11-22-23(14-17)34-16-33-22/h2-14H,15-16H2,1H3,(H,27,31). The van der Waals surface area contributed by atoms with Gasteiger partial charge in [-0.3, -0.25) is 9.59 Å². The summed E-state index contributed by atoms with van der Waals surface area (Å²) in [7, 11) is 1.62. The predicted octanol–water partition coefficient (Wildman–Crippen LogP) is 4.05. The van der Waals surface area contributed by atoms with Crippen molar-refractivity contribution in [3.8, 4) is 22.9 Å². The second-order valence-electron chi connectivity index (χ2n) is 7.62. The highest BCUT2D eigenvalue weighted by Gasteiger charge is 2.14. The zero-order chi connectivity index (χ0) is 24.2. The molecule has 1 aliphatic heterocycles. The van der Waals surface area contributed by atoms with Crippen LogP contribution in [0.4, 0.5) is 0 Å². The van der Waals surface area contributed by atoms with Crippen LogP contribution >= 0.6 is 11.8 Å². The third kappa shape index (κ3) is 5.15. The average Bonchev–Trinajstić information content (AvgIpc) is 3.37. The van der Waals surface area contributed by atoms with E-state index in [9.17, 15) is 9.59 Å². The molecule has 4 aromatic rings. The molecule has 1 N–H and O–H groups in total. The lowest BCUT2D eigenvalue weighted by molar-refractivity contribution is 0.0951. The highest BCUT2D eigenvalue weighted by atomic mass is 32.2. The van der Waals surface area contributed by atoms with Crippen LogP contribution in [-0.2, 0) is 6.54 Å². The first-order chi connectivity index (χ1) is 17.1. The molecule has 176 valence electrons. The van der Waals surface area contributed by atoms with Gasteiger partial charge in [-0.2, -0.15) is 9.78 Å². The Hall–Kier alpha value is -4.24. The summed E-state index contributed by atoms with van der Waals surface area (Å²) in [5.74, 6) is 1.92. The number of aromatic nitrogens is 2. The minimum atomic E-state index is -0.260. The lowest BCUT2D eigenvalue weighted by Gasteiger charge is -2.09. The van der Waals surface area contributed by atoms with Gasteiger partial charge in [-0.05, 0) is 72.3 Å². The number of hydrogen-bond donors (Lipinski definition) is 1. The van der Waals surface area contributed by atoms with E-state index in [0.29, 0.717) is 34.3 Å². The Kier molecular flexibility index (Phi) is 6.40. The fourth-order valence-corrected chi connectivity index (χ4v) is 4.26. The zero-order valence-electron chi connectivity index (χ0n) is 18.8. The van der Waals surface area contributed by atoms with Crippen molar-refractivity contribution < 1.29 is 19.0 Å². The molecule has 1 amide bonds. The molecule has 0 atom stereocenters. The van der Waals surface area contributed by atoms with E-state index in [2.05, 4.69) is 10.4 Å². The van der Waals surface area contributed by atoms with E-state index in [-0.39, 0.29) is 18.3 Å². The number of amides is 1. The van der Waals surface area contributed by atoms with E-state index < -0.39 is 0 Å². The maximum absolute atomic E-state index is 12.6. The molecule has 0 saturated carbocycles. The topological polar surface area (TPSA) is 91.7 Å². The summed E-state index contributed by atoms with van der Waals surface area (Å²) >= 11 is 1.44. The first-order valence-corrected chi connectivity index (χ1v) is 11.6. The van der Waals surface area contributed by atoms with Crippen LogP contribution in [0.15, 0.2) is 93.6 Å². The molecule has 5 rings (SSSR count). The molecule has 0 bridgehead atoms. The number of benzene rings is 3. The second-order valence-corrected chi connectivity index (χ2v) is 8.71. The molecule has 1 aliphatic rings. The van der Waals surface area contributed by atoms with Gasteiger partial charge in [0.1, 0.15) is 10.8 Å². The Morgan fingerprint density at radius 1 is 1.00 bits per heavy atom. The molecule has 0 radical (unpaired) electrons. The van der Waals surface area contributed by atoms with Crippen LogP contribution in [0.5, 0.6) is 17.2 Å². The monoisotopic (exact) mass is 487 g/mol. The molecule has 8 nitrogen and oxygen atoms in total. The smallest absolute Gasteiger partial charge is 0.271 e. The third-order valence-corrected chi connectivity index (χ3v) is 6.26. The van der Waals surface area contributed by atoms with Crippen LogP contribution in [-0.4, -0.2) is 29.6 Å². The second kappa shape index (κ2) is 9.94. The number of ether oxygens (including phenoxy) is 3. The number of carbonyl (C=O) groups is 1. The lowest BCUT2D eigenvalue weighted by atomic mass is 10.1. The summed E-state index contributed by atoms with van der Waals surface area (Å²) in [6.07, 6.45) is 0. The van der Waals surface area contributed by atoms with Crippen LogP contribution in [0.2, 0.25) is 0 Å². The Bertz CT molecular complexity index is 1420. The van der Waals surface area contributed by atoms with E-state index in [0.717, 1.165) is 16.2 Å². The molecule has 35 heavy (non-hydrogen) atoms. The van der Waals surface area contributed by atoms with E-state index in [1.807, 2.05) is 42.5 Å². The normalized spacial score (nSPS) is 11.8. The molecule has 0 fully saturated rings. The van der Waals surface area contributed by atoms with E-state index in [1.165, 1.54) is 22.5 Å². The number of carbonyl (C=O) groups excluding carboxylic acids is 1. The maximum Gasteiger partial charge on any atom is 0.271 e. The van der Waals surface area contributed by atoms with Gasteiger partial charge < -0.3 is 19.5 Å². The first kappa shape index (κ1) is 22.5. The van der Waals surface area contributed by atoms with Crippen molar-refractivity contribution in [3.05, 3.63) is 100 Å². The largest absolute Gasteiger partial charge is 0.497 e. The molecular formula is C26H21N3O5S. The van der Waals surface area contributed by atoms with Crippen LogP contribution in [0.1, 0.15) is 15.9 Å². The van der Waals surface area contributed by atoms with Crippen molar-refractivity contribution in [2.45, 2.75) is 16.5 Å². The van der Waals surface area contributed by atoms with Crippen LogP contribution in [0.3, 0.4) is 0 Å². The van der Waals surface area contributed by atoms with Crippen molar-refractivity contribution in [1.29, 1.82) is 0 Å². The van der Waals surface area contributed by atoms with Gasteiger partial charge in [0.25, 0.3) is 11.5 Å². The van der Waals surface area contributed by atoms with Gasteiger partial charge in [0.05, 0.1) is 12.8 Å². The van der Waals surface area contributed by atoms with Crippen LogP contribution in [0, 0.1) is 0 Å². The molecular weight excluding hydrogens is 466 g/mol. The van der Waals surface area contributed by atoms with Gasteiger partial charge in [-0.25, -0.2) is 0 Å². The molecule has 0 spiro atoms. The molecule has 9 heteroatoms. The first-order valence-electron chi connectivity index (χ1n) is 10.8. The quantitative estimate of drug-likeness (QED) is 0.420. The van der Waals surface area contributed by atoms with Crippen molar-refractivity contribution in [3.63, 3.8) is 0 Å². The molecule has 0 aliphatic carbocycles. The Morgan fingerprint density at radius 3 is 2.54 bits per heavy atom. The summed E-state index contributed by atoms with van der Waals surface area (Å²) < 4.78 is 17.2. The number of rotatable bonds is 7. The molecule has 0 unspecified atom stereocenters. The van der Waals surface area contributed by atoms with E-state index >= 15 is 0 Å². The summed E-state index contributed by atoms with van der Waals surface area (Å²) in [5.41, 5.74) is 1.69. The van der Waals surface area contributed by atoms with Gasteiger partial charge in [0.2, 0.25) is 6.79 Å². The molecule has 0 saturated heterocycles. The van der Waals surface area contributed by atoms with Gasteiger partial charge in [-0.1, -0.05) is 17.8 Å². The number of fused-ring (bicyclic) bond motifs is 1. The molecule has 3 aromatic carbocycles. The number of nitrogens with zero attached hydrogens (tertiary/aromatic N) is 2. The summed E-state index contributed by atoms with van der Waals surface area (Å²) in [6, 6.07) is 23.0. The van der Waals surface area contributed by atoms with Crippen molar-refractivity contribution in [2.75, 3.05) is 13.9 Å². The fourth-order valence-electron chi connectivity index (χ4n) is 3.49. The van der Waals surface area contributed by atoms with Crippen LogP contribution in [0.25, 0.3) is 5.69 Å².